The van der Waals surface area contributed by atoms with Gasteiger partial charge in [0.05, 0.1) is 4.92 Å². The summed E-state index contributed by atoms with van der Waals surface area (Å²) in [4.78, 5) is 17.5. The van der Waals surface area contributed by atoms with Crippen molar-refractivity contribution in [3.05, 3.63) is 50.6 Å². The summed E-state index contributed by atoms with van der Waals surface area (Å²) in [6.07, 6.45) is 1.03. The van der Waals surface area contributed by atoms with E-state index in [1.807, 2.05) is 24.3 Å². The van der Waals surface area contributed by atoms with Crippen LogP contribution in [-0.4, -0.2) is 14.9 Å². The molecule has 0 unspecified atom stereocenters. The maximum absolute atomic E-state index is 10.8. The number of nitrogens with two attached hydrogens (primary N) is 1. The third-order valence-corrected chi connectivity index (χ3v) is 2.71. The first-order chi connectivity index (χ1) is 9.06. The molecule has 0 aliphatic heterocycles. The molecule has 0 fully saturated rings. The molecule has 0 radical (unpaired) electrons. The number of hydrogen-bond donors (Lipinski definition) is 1. The monoisotopic (exact) mass is 324 g/mol. The van der Waals surface area contributed by atoms with Crippen molar-refractivity contribution < 1.29 is 9.66 Å². The van der Waals surface area contributed by atoms with Gasteiger partial charge in [0.1, 0.15) is 12.8 Å². The van der Waals surface area contributed by atoms with Crippen molar-refractivity contribution in [3.63, 3.8) is 0 Å². The highest BCUT2D eigenvalue weighted by atomic mass is 79.9. The van der Waals surface area contributed by atoms with Crippen LogP contribution in [0.4, 0.5) is 11.6 Å². The minimum absolute atomic E-state index is 0.0742. The van der Waals surface area contributed by atoms with Gasteiger partial charge in [-0.25, -0.2) is 4.98 Å². The van der Waals surface area contributed by atoms with Crippen LogP contribution in [0.15, 0.2) is 34.9 Å². The Hall–Kier alpha value is -2.22. The number of nitrogens with zero attached hydrogens (tertiary/aromatic N) is 3. The summed E-state index contributed by atoms with van der Waals surface area (Å²) in [5.41, 5.74) is 5.92. The number of anilines is 1. The van der Waals surface area contributed by atoms with Crippen LogP contribution in [0.3, 0.4) is 0 Å². The molecule has 0 aliphatic rings. The molecule has 0 spiro atoms. The first kappa shape index (κ1) is 13.2. The zero-order valence-electron chi connectivity index (χ0n) is 9.62. The van der Waals surface area contributed by atoms with Crippen LogP contribution >= 0.6 is 15.9 Å². The zero-order valence-corrected chi connectivity index (χ0v) is 11.2. The second kappa shape index (κ2) is 5.61. The maximum atomic E-state index is 10.8. The Morgan fingerprint density at radius 2 is 2.26 bits per heavy atom. The molecule has 2 aromatic rings. The summed E-state index contributed by atoms with van der Waals surface area (Å²) in [5.74, 6) is -0.215. The number of aromatic nitrogens is 2. The lowest BCUT2D eigenvalue weighted by Gasteiger charge is -2.06. The van der Waals surface area contributed by atoms with E-state index in [2.05, 4.69) is 25.9 Å². The van der Waals surface area contributed by atoms with E-state index in [0.29, 0.717) is 0 Å². The lowest BCUT2D eigenvalue weighted by molar-refractivity contribution is -0.386. The van der Waals surface area contributed by atoms with Crippen molar-refractivity contribution in [2.45, 2.75) is 6.61 Å². The molecular formula is C11H9BrN4O3. The van der Waals surface area contributed by atoms with Crippen LogP contribution in [0.25, 0.3) is 0 Å². The summed E-state index contributed by atoms with van der Waals surface area (Å²) in [7, 11) is 0. The van der Waals surface area contributed by atoms with Gasteiger partial charge >= 0.3 is 5.69 Å². The van der Waals surface area contributed by atoms with E-state index in [-0.39, 0.29) is 24.1 Å². The average Bonchev–Trinajstić information content (AvgIpc) is 2.36. The minimum atomic E-state index is -0.615. The first-order valence-electron chi connectivity index (χ1n) is 5.20. The third-order valence-electron chi connectivity index (χ3n) is 2.22. The van der Waals surface area contributed by atoms with Crippen LogP contribution in [0.5, 0.6) is 5.88 Å². The van der Waals surface area contributed by atoms with Crippen LogP contribution in [-0.2, 0) is 6.61 Å². The zero-order chi connectivity index (χ0) is 13.8. The Kier molecular flexibility index (Phi) is 3.91. The van der Waals surface area contributed by atoms with E-state index in [4.69, 9.17) is 10.5 Å². The Balaban J connectivity index is 2.19. The second-order valence-corrected chi connectivity index (χ2v) is 4.51. The van der Waals surface area contributed by atoms with Crippen molar-refractivity contribution >= 4 is 27.6 Å². The Morgan fingerprint density at radius 3 is 2.95 bits per heavy atom. The SMILES string of the molecule is Nc1ncc([N+](=O)[O-])c(OCc2cccc(Br)c2)n1. The Morgan fingerprint density at radius 1 is 1.47 bits per heavy atom. The fourth-order valence-corrected chi connectivity index (χ4v) is 1.83. The summed E-state index contributed by atoms with van der Waals surface area (Å²) in [5, 5.41) is 10.8. The highest BCUT2D eigenvalue weighted by Gasteiger charge is 2.18. The predicted octanol–water partition coefficient (Wildman–Crippen LogP) is 2.31. The Bertz CT molecular complexity index is 621. The minimum Gasteiger partial charge on any atom is -0.468 e. The van der Waals surface area contributed by atoms with Gasteiger partial charge in [0.2, 0.25) is 5.95 Å². The molecule has 1 aromatic carbocycles. The summed E-state index contributed by atoms with van der Waals surface area (Å²) >= 11 is 3.33. The van der Waals surface area contributed by atoms with Crippen molar-refractivity contribution in [1.82, 2.24) is 9.97 Å². The standard InChI is InChI=1S/C11H9BrN4O3/c12-8-3-1-2-7(4-8)6-19-10-9(16(17)18)5-14-11(13)15-10/h1-5H,6H2,(H2,13,14,15). The molecule has 0 amide bonds. The number of ether oxygens (including phenoxy) is 1. The fourth-order valence-electron chi connectivity index (χ4n) is 1.38. The summed E-state index contributed by atoms with van der Waals surface area (Å²) in [6.45, 7) is 0.150. The number of nitrogen functional groups attached to an aromatic ring is 1. The number of benzene rings is 1. The van der Waals surface area contributed by atoms with Crippen molar-refractivity contribution in [2.75, 3.05) is 5.73 Å². The molecule has 98 valence electrons. The average molecular weight is 325 g/mol. The van der Waals surface area contributed by atoms with Gasteiger partial charge in [-0.05, 0) is 17.7 Å². The van der Waals surface area contributed by atoms with E-state index >= 15 is 0 Å². The quantitative estimate of drug-likeness (QED) is 0.683. The molecule has 0 atom stereocenters. The lowest BCUT2D eigenvalue weighted by Crippen LogP contribution is -2.04. The molecule has 7 nitrogen and oxygen atoms in total. The van der Waals surface area contributed by atoms with Gasteiger partial charge < -0.3 is 10.5 Å². The number of hydrogen-bond acceptors (Lipinski definition) is 6. The molecule has 1 aromatic heterocycles. The normalized spacial score (nSPS) is 10.2. The van der Waals surface area contributed by atoms with E-state index in [1.165, 1.54) is 0 Å². The van der Waals surface area contributed by atoms with E-state index in [1.54, 1.807) is 0 Å². The summed E-state index contributed by atoms with van der Waals surface area (Å²) in [6, 6.07) is 7.39. The molecule has 0 bridgehead atoms. The van der Waals surface area contributed by atoms with E-state index < -0.39 is 4.92 Å². The van der Waals surface area contributed by atoms with Gasteiger partial charge in [-0.2, -0.15) is 4.98 Å². The van der Waals surface area contributed by atoms with E-state index in [0.717, 1.165) is 16.2 Å². The largest absolute Gasteiger partial charge is 0.468 e. The molecule has 2 N–H and O–H groups in total. The Labute approximate surface area is 116 Å². The summed E-state index contributed by atoms with van der Waals surface area (Å²) < 4.78 is 6.22. The molecule has 0 aliphatic carbocycles. The number of halogens is 1. The maximum Gasteiger partial charge on any atom is 0.349 e. The van der Waals surface area contributed by atoms with Crippen molar-refractivity contribution in [3.8, 4) is 5.88 Å². The van der Waals surface area contributed by atoms with Gasteiger partial charge in [0.25, 0.3) is 5.88 Å². The molecule has 8 heteroatoms. The van der Waals surface area contributed by atoms with Gasteiger partial charge in [-0.1, -0.05) is 28.1 Å². The third kappa shape index (κ3) is 3.38. The predicted molar refractivity (Wildman–Crippen MR) is 71.6 cm³/mol. The van der Waals surface area contributed by atoms with E-state index in [9.17, 15) is 10.1 Å². The molecule has 0 saturated heterocycles. The molecule has 0 saturated carbocycles. The number of nitro groups is 1. The van der Waals surface area contributed by atoms with Crippen LogP contribution in [0, 0.1) is 10.1 Å². The van der Waals surface area contributed by atoms with Crippen molar-refractivity contribution in [1.29, 1.82) is 0 Å². The second-order valence-electron chi connectivity index (χ2n) is 3.59. The van der Waals surface area contributed by atoms with Gasteiger partial charge in [-0.3, -0.25) is 10.1 Å². The van der Waals surface area contributed by atoms with Crippen LogP contribution < -0.4 is 10.5 Å². The molecule has 1 heterocycles. The smallest absolute Gasteiger partial charge is 0.349 e. The van der Waals surface area contributed by atoms with Crippen LogP contribution in [0.2, 0.25) is 0 Å². The van der Waals surface area contributed by atoms with Crippen LogP contribution in [0.1, 0.15) is 5.56 Å². The highest BCUT2D eigenvalue weighted by Crippen LogP contribution is 2.24. The van der Waals surface area contributed by atoms with Gasteiger partial charge in [-0.15, -0.1) is 0 Å². The molecule has 2 rings (SSSR count). The van der Waals surface area contributed by atoms with Gasteiger partial charge in [0, 0.05) is 4.47 Å². The van der Waals surface area contributed by atoms with Gasteiger partial charge in [0.15, 0.2) is 0 Å². The fraction of sp³-hybridized carbons (Fsp3) is 0.0909. The molecule has 19 heavy (non-hydrogen) atoms. The lowest BCUT2D eigenvalue weighted by atomic mass is 10.2. The first-order valence-corrected chi connectivity index (χ1v) is 5.99. The highest BCUT2D eigenvalue weighted by molar-refractivity contribution is 9.10. The topological polar surface area (TPSA) is 104 Å². The molecular weight excluding hydrogens is 316 g/mol. The number of rotatable bonds is 4. The van der Waals surface area contributed by atoms with Crippen molar-refractivity contribution in [2.24, 2.45) is 0 Å².